The normalized spacial score (nSPS) is 13.4. The number of carbonyl (C=O) groups is 3. The van der Waals surface area contributed by atoms with Gasteiger partial charge in [0.25, 0.3) is 11.8 Å². The fraction of sp³-hybridized carbons (Fsp3) is 0.211. The fourth-order valence-electron chi connectivity index (χ4n) is 2.83. The van der Waals surface area contributed by atoms with Gasteiger partial charge in [0.15, 0.2) is 0 Å². The predicted octanol–water partition coefficient (Wildman–Crippen LogP) is 2.30. The maximum absolute atomic E-state index is 12.5. The van der Waals surface area contributed by atoms with E-state index in [2.05, 4.69) is 5.32 Å². The van der Waals surface area contributed by atoms with Crippen LogP contribution in [0.25, 0.3) is 0 Å². The molecule has 3 rings (SSSR count). The Morgan fingerprint density at radius 1 is 1.04 bits per heavy atom. The van der Waals surface area contributed by atoms with Crippen LogP contribution in [-0.2, 0) is 4.79 Å². The average molecular weight is 337 g/mol. The number of aryl methyl sites for hydroxylation is 1. The van der Waals surface area contributed by atoms with Gasteiger partial charge in [0.05, 0.1) is 23.4 Å². The van der Waals surface area contributed by atoms with Crippen LogP contribution < -0.4 is 10.2 Å². The van der Waals surface area contributed by atoms with E-state index in [0.717, 1.165) is 5.56 Å². The minimum atomic E-state index is -0.329. The number of benzene rings is 2. The van der Waals surface area contributed by atoms with Gasteiger partial charge in [-0.15, -0.1) is 0 Å². The molecule has 6 nitrogen and oxygen atoms in total. The third-order valence-electron chi connectivity index (χ3n) is 4.00. The van der Waals surface area contributed by atoms with E-state index >= 15 is 0 Å². The number of hydrogen-bond donors (Lipinski definition) is 1. The molecule has 0 bridgehead atoms. The Kier molecular flexibility index (Phi) is 4.37. The minimum absolute atomic E-state index is 0.124. The predicted molar refractivity (Wildman–Crippen MR) is 95.9 cm³/mol. The lowest BCUT2D eigenvalue weighted by atomic mass is 10.1. The van der Waals surface area contributed by atoms with Crippen LogP contribution in [-0.4, -0.2) is 43.3 Å². The lowest BCUT2D eigenvalue weighted by Gasteiger charge is -2.17. The molecule has 128 valence electrons. The molecule has 0 aliphatic carbocycles. The van der Waals surface area contributed by atoms with Crippen molar-refractivity contribution in [1.82, 2.24) is 4.90 Å². The molecule has 1 aliphatic rings. The van der Waals surface area contributed by atoms with Gasteiger partial charge in [0.2, 0.25) is 5.91 Å². The van der Waals surface area contributed by atoms with E-state index in [-0.39, 0.29) is 24.3 Å². The van der Waals surface area contributed by atoms with Gasteiger partial charge in [-0.3, -0.25) is 14.4 Å². The van der Waals surface area contributed by atoms with Crippen molar-refractivity contribution in [2.45, 2.75) is 6.92 Å². The highest BCUT2D eigenvalue weighted by Gasteiger charge is 2.36. The maximum atomic E-state index is 12.5. The van der Waals surface area contributed by atoms with E-state index in [9.17, 15) is 14.4 Å². The summed E-state index contributed by atoms with van der Waals surface area (Å²) in [6, 6.07) is 11.9. The SMILES string of the molecule is Cc1cc(N2C(=O)c3ccccc3C2=O)ccc1NC(=O)CN(C)C. The van der Waals surface area contributed by atoms with Crippen molar-refractivity contribution in [3.63, 3.8) is 0 Å². The van der Waals surface area contributed by atoms with Crippen LogP contribution >= 0.6 is 0 Å². The number of amides is 3. The van der Waals surface area contributed by atoms with Gasteiger partial charge in [-0.2, -0.15) is 0 Å². The van der Waals surface area contributed by atoms with E-state index in [1.807, 2.05) is 21.0 Å². The second kappa shape index (κ2) is 6.49. The zero-order valence-corrected chi connectivity index (χ0v) is 14.4. The molecule has 0 atom stereocenters. The zero-order valence-electron chi connectivity index (χ0n) is 14.4. The first-order chi connectivity index (χ1) is 11.9. The topological polar surface area (TPSA) is 69.7 Å². The average Bonchev–Trinajstić information content (AvgIpc) is 2.81. The summed E-state index contributed by atoms with van der Waals surface area (Å²) in [7, 11) is 3.63. The lowest BCUT2D eigenvalue weighted by molar-refractivity contribution is -0.116. The van der Waals surface area contributed by atoms with Crippen LogP contribution in [0, 0.1) is 6.92 Å². The first-order valence-electron chi connectivity index (χ1n) is 7.91. The van der Waals surface area contributed by atoms with Gasteiger partial charge in [-0.05, 0) is 56.9 Å². The molecule has 0 spiro atoms. The Morgan fingerprint density at radius 2 is 1.64 bits per heavy atom. The Bertz CT molecular complexity index is 839. The third kappa shape index (κ3) is 3.16. The maximum Gasteiger partial charge on any atom is 0.266 e. The van der Waals surface area contributed by atoms with Crippen LogP contribution in [0.15, 0.2) is 42.5 Å². The highest BCUT2D eigenvalue weighted by Crippen LogP contribution is 2.30. The number of nitrogens with one attached hydrogen (secondary N) is 1. The number of likely N-dealkylation sites (N-methyl/N-ethyl adjacent to an activating group) is 1. The van der Waals surface area contributed by atoms with Crippen LogP contribution in [0.4, 0.5) is 11.4 Å². The van der Waals surface area contributed by atoms with Gasteiger partial charge in [-0.25, -0.2) is 4.90 Å². The fourth-order valence-corrected chi connectivity index (χ4v) is 2.83. The summed E-state index contributed by atoms with van der Waals surface area (Å²) < 4.78 is 0. The third-order valence-corrected chi connectivity index (χ3v) is 4.00. The van der Waals surface area contributed by atoms with Crippen molar-refractivity contribution in [2.24, 2.45) is 0 Å². The zero-order chi connectivity index (χ0) is 18.1. The molecule has 2 aromatic rings. The number of fused-ring (bicyclic) bond motifs is 1. The van der Waals surface area contributed by atoms with Crippen LogP contribution in [0.3, 0.4) is 0 Å². The Balaban J connectivity index is 1.86. The molecule has 1 aliphatic heterocycles. The molecule has 6 heteroatoms. The molecule has 1 N–H and O–H groups in total. The summed E-state index contributed by atoms with van der Waals surface area (Å²) in [5.41, 5.74) is 2.75. The molecule has 25 heavy (non-hydrogen) atoms. The monoisotopic (exact) mass is 337 g/mol. The molecular weight excluding hydrogens is 318 g/mol. The molecule has 0 saturated carbocycles. The second-order valence-electron chi connectivity index (χ2n) is 6.28. The summed E-state index contributed by atoms with van der Waals surface area (Å²) >= 11 is 0. The van der Waals surface area contributed by atoms with Gasteiger partial charge in [-0.1, -0.05) is 12.1 Å². The van der Waals surface area contributed by atoms with Crippen molar-refractivity contribution in [3.8, 4) is 0 Å². The Hall–Kier alpha value is -2.99. The van der Waals surface area contributed by atoms with Crippen molar-refractivity contribution >= 4 is 29.1 Å². The molecule has 0 unspecified atom stereocenters. The number of imide groups is 1. The van der Waals surface area contributed by atoms with E-state index < -0.39 is 0 Å². The summed E-state index contributed by atoms with van der Waals surface area (Å²) in [5, 5.41) is 2.83. The van der Waals surface area contributed by atoms with Crippen molar-refractivity contribution in [1.29, 1.82) is 0 Å². The van der Waals surface area contributed by atoms with Gasteiger partial charge >= 0.3 is 0 Å². The van der Waals surface area contributed by atoms with Crippen LogP contribution in [0.5, 0.6) is 0 Å². The van der Waals surface area contributed by atoms with E-state index in [1.165, 1.54) is 4.90 Å². The van der Waals surface area contributed by atoms with E-state index in [1.54, 1.807) is 47.4 Å². The Morgan fingerprint density at radius 3 is 2.16 bits per heavy atom. The Labute approximate surface area is 146 Å². The quantitative estimate of drug-likeness (QED) is 0.869. The van der Waals surface area contributed by atoms with Gasteiger partial charge < -0.3 is 10.2 Å². The number of hydrogen-bond acceptors (Lipinski definition) is 4. The summed E-state index contributed by atoms with van der Waals surface area (Å²) in [4.78, 5) is 39.9. The minimum Gasteiger partial charge on any atom is -0.325 e. The van der Waals surface area contributed by atoms with Crippen molar-refractivity contribution < 1.29 is 14.4 Å². The highest BCUT2D eigenvalue weighted by molar-refractivity contribution is 6.34. The van der Waals surface area contributed by atoms with E-state index in [0.29, 0.717) is 22.5 Å². The number of anilines is 2. The standard InChI is InChI=1S/C19H19N3O3/c1-12-10-13(8-9-16(12)20-17(23)11-21(2)3)22-18(24)14-6-4-5-7-15(14)19(22)25/h4-10H,11H2,1-3H3,(H,20,23). The summed E-state index contributed by atoms with van der Waals surface area (Å²) in [6.45, 7) is 2.10. The smallest absolute Gasteiger partial charge is 0.266 e. The van der Waals surface area contributed by atoms with Crippen LogP contribution in [0.2, 0.25) is 0 Å². The number of rotatable bonds is 4. The molecular formula is C19H19N3O3. The van der Waals surface area contributed by atoms with Gasteiger partial charge in [0, 0.05) is 5.69 Å². The highest BCUT2D eigenvalue weighted by atomic mass is 16.2. The lowest BCUT2D eigenvalue weighted by Crippen LogP contribution is -2.29. The molecule has 0 radical (unpaired) electrons. The molecule has 0 saturated heterocycles. The summed E-state index contributed by atoms with van der Waals surface area (Å²) in [6.07, 6.45) is 0. The van der Waals surface area contributed by atoms with Crippen LogP contribution in [0.1, 0.15) is 26.3 Å². The molecule has 3 amide bonds. The van der Waals surface area contributed by atoms with Crippen molar-refractivity contribution in [3.05, 3.63) is 59.2 Å². The van der Waals surface area contributed by atoms with Crippen molar-refractivity contribution in [2.75, 3.05) is 30.9 Å². The first kappa shape index (κ1) is 16.9. The summed E-state index contributed by atoms with van der Waals surface area (Å²) in [5.74, 6) is -0.782. The first-order valence-corrected chi connectivity index (χ1v) is 7.91. The largest absolute Gasteiger partial charge is 0.325 e. The second-order valence-corrected chi connectivity index (χ2v) is 6.28. The molecule has 1 heterocycles. The number of carbonyl (C=O) groups excluding carboxylic acids is 3. The molecule has 0 fully saturated rings. The molecule has 0 aromatic heterocycles. The molecule has 2 aromatic carbocycles. The van der Waals surface area contributed by atoms with Gasteiger partial charge in [0.1, 0.15) is 0 Å². The van der Waals surface area contributed by atoms with E-state index in [4.69, 9.17) is 0 Å². The number of nitrogens with zero attached hydrogens (tertiary/aromatic N) is 2.